The largest absolute Gasteiger partial charge is 0.478 e. The molecule has 0 radical (unpaired) electrons. The molecule has 208 valence electrons. The summed E-state index contributed by atoms with van der Waals surface area (Å²) < 4.78 is 5.97. The van der Waals surface area contributed by atoms with E-state index >= 15 is 0 Å². The van der Waals surface area contributed by atoms with Gasteiger partial charge in [0.05, 0.1) is 17.3 Å². The maximum Gasteiger partial charge on any atom is 0.337 e. The number of rotatable bonds is 7. The summed E-state index contributed by atoms with van der Waals surface area (Å²) in [7, 11) is 0. The van der Waals surface area contributed by atoms with Crippen molar-refractivity contribution in [3.63, 3.8) is 0 Å². The van der Waals surface area contributed by atoms with E-state index in [-0.39, 0.29) is 34.9 Å². The van der Waals surface area contributed by atoms with E-state index in [9.17, 15) is 24.6 Å². The van der Waals surface area contributed by atoms with Crippen LogP contribution in [-0.2, 0) is 6.54 Å². The average Bonchev–Trinajstić information content (AvgIpc) is 3.42. The Morgan fingerprint density at radius 2 is 1.70 bits per heavy atom. The van der Waals surface area contributed by atoms with E-state index < -0.39 is 23.1 Å². The highest BCUT2D eigenvalue weighted by molar-refractivity contribution is 5.95. The molecule has 9 heteroatoms. The number of hydrogen-bond acceptors (Lipinski definition) is 8. The highest BCUT2D eigenvalue weighted by atomic mass is 16.4. The molecule has 0 aliphatic carbocycles. The molecule has 2 atom stereocenters. The van der Waals surface area contributed by atoms with Gasteiger partial charge in [-0.25, -0.2) is 4.79 Å². The average molecular weight is 544 g/mol. The van der Waals surface area contributed by atoms with E-state index in [2.05, 4.69) is 10.6 Å². The number of fused-ring (bicyclic) bond motifs is 1. The Kier molecular flexibility index (Phi) is 6.58. The van der Waals surface area contributed by atoms with Crippen LogP contribution in [0.2, 0.25) is 0 Å². The highest BCUT2D eigenvalue weighted by Gasteiger charge is 2.36. The van der Waals surface area contributed by atoms with Crippen molar-refractivity contribution in [2.75, 3.05) is 15.5 Å². The number of carbonyl (C=O) groups is 1. The first-order chi connectivity index (χ1) is 18.8. The van der Waals surface area contributed by atoms with E-state index in [1.54, 1.807) is 29.2 Å². The van der Waals surface area contributed by atoms with Gasteiger partial charge in [0.1, 0.15) is 22.9 Å². The van der Waals surface area contributed by atoms with Crippen LogP contribution in [0.5, 0.6) is 0 Å². The number of aliphatic hydroxyl groups excluding tert-OH is 1. The van der Waals surface area contributed by atoms with Crippen molar-refractivity contribution < 1.29 is 19.4 Å². The lowest BCUT2D eigenvalue weighted by Crippen LogP contribution is -2.39. The zero-order valence-electron chi connectivity index (χ0n) is 23.4. The monoisotopic (exact) mass is 543 g/mol. The Bertz CT molecular complexity index is 1680. The molecule has 1 unspecified atom stereocenters. The molecule has 1 aliphatic rings. The van der Waals surface area contributed by atoms with E-state index in [0.29, 0.717) is 22.7 Å². The van der Waals surface area contributed by atoms with E-state index in [1.165, 1.54) is 6.07 Å². The van der Waals surface area contributed by atoms with Crippen molar-refractivity contribution in [2.45, 2.75) is 60.4 Å². The van der Waals surface area contributed by atoms with Gasteiger partial charge in [-0.3, -0.25) is 9.59 Å². The van der Waals surface area contributed by atoms with Crippen LogP contribution in [0.1, 0.15) is 77.2 Å². The van der Waals surface area contributed by atoms with Gasteiger partial charge in [0.15, 0.2) is 6.23 Å². The minimum Gasteiger partial charge on any atom is -0.478 e. The van der Waals surface area contributed by atoms with Gasteiger partial charge in [-0.05, 0) is 67.1 Å². The van der Waals surface area contributed by atoms with Crippen LogP contribution in [0.3, 0.4) is 0 Å². The summed E-state index contributed by atoms with van der Waals surface area (Å²) in [6.45, 7) is 12.1. The lowest BCUT2D eigenvalue weighted by molar-refractivity contribution is 0.0697. The smallest absolute Gasteiger partial charge is 0.337 e. The minimum atomic E-state index is -1.17. The number of nitrogens with one attached hydrogen (secondary N) is 2. The number of aryl methyl sites for hydroxylation is 3. The normalized spacial score (nSPS) is 15.8. The summed E-state index contributed by atoms with van der Waals surface area (Å²) >= 11 is 0. The Balaban J connectivity index is 1.51. The molecule has 40 heavy (non-hydrogen) atoms. The molecule has 4 N–H and O–H groups in total. The molecular formula is C31H33N3O6. The standard InChI is InChI=1S/C31H33N3O6/c1-15-11-12-20(23-19(15)14-34(29(23)37)21-10-8-7-9-18(21)30(38)39)32-24-25(27(36)26(24)35)33-28(31(4,5)6)22-13-16(2)17(3)40-22/h7-13,28-29,32-33,37H,14H2,1-6H3,(H,38,39)/t28-,29?/m0/s1. The first kappa shape index (κ1) is 27.2. The Labute approximate surface area is 231 Å². The second-order valence-corrected chi connectivity index (χ2v) is 11.5. The van der Waals surface area contributed by atoms with Crippen LogP contribution in [0.4, 0.5) is 22.7 Å². The lowest BCUT2D eigenvalue weighted by atomic mass is 9.84. The molecule has 1 aliphatic heterocycles. The van der Waals surface area contributed by atoms with Crippen molar-refractivity contribution in [2.24, 2.45) is 5.41 Å². The van der Waals surface area contributed by atoms with Crippen molar-refractivity contribution >= 4 is 28.7 Å². The summed E-state index contributed by atoms with van der Waals surface area (Å²) in [6.07, 6.45) is -1.17. The van der Waals surface area contributed by atoms with Gasteiger partial charge in [0.25, 0.3) is 10.9 Å². The van der Waals surface area contributed by atoms with Gasteiger partial charge in [0.2, 0.25) is 0 Å². The summed E-state index contributed by atoms with van der Waals surface area (Å²) in [4.78, 5) is 39.0. The number of benzene rings is 2. The molecule has 0 saturated carbocycles. The highest BCUT2D eigenvalue weighted by Crippen LogP contribution is 2.44. The van der Waals surface area contributed by atoms with E-state index in [0.717, 1.165) is 22.5 Å². The molecule has 5 rings (SSSR count). The van der Waals surface area contributed by atoms with Gasteiger partial charge < -0.3 is 30.2 Å². The predicted molar refractivity (Wildman–Crippen MR) is 154 cm³/mol. The number of furan rings is 1. The van der Waals surface area contributed by atoms with E-state index in [1.807, 2.05) is 53.7 Å². The maximum absolute atomic E-state index is 12.8. The summed E-state index contributed by atoms with van der Waals surface area (Å²) in [5.41, 5.74) is 2.82. The van der Waals surface area contributed by atoms with Crippen molar-refractivity contribution in [1.29, 1.82) is 0 Å². The van der Waals surface area contributed by atoms with Gasteiger partial charge in [0, 0.05) is 17.8 Å². The number of aliphatic hydroxyl groups is 1. The molecule has 4 aromatic rings. The number of carboxylic acids is 1. The number of aromatic carboxylic acids is 1. The zero-order valence-corrected chi connectivity index (χ0v) is 23.4. The molecule has 0 spiro atoms. The molecule has 3 aromatic carbocycles. The minimum absolute atomic E-state index is 0.0760. The van der Waals surface area contributed by atoms with E-state index in [4.69, 9.17) is 4.42 Å². The van der Waals surface area contributed by atoms with Gasteiger partial charge >= 0.3 is 5.97 Å². The fourth-order valence-electron chi connectivity index (χ4n) is 5.31. The molecule has 9 nitrogen and oxygen atoms in total. The SMILES string of the molecule is Cc1cc([C@H](Nc2c(Nc3ccc(C)c4c3C(O)N(c3ccccc3C(=O)O)C4)c(=O)c2=O)C(C)(C)C)oc1C. The maximum atomic E-state index is 12.8. The molecule has 0 fully saturated rings. The number of hydrogen-bond donors (Lipinski definition) is 4. The Hall–Kier alpha value is -4.37. The lowest BCUT2D eigenvalue weighted by Gasteiger charge is -2.32. The molecule has 2 heterocycles. The van der Waals surface area contributed by atoms with Gasteiger partial charge in [-0.1, -0.05) is 39.0 Å². The van der Waals surface area contributed by atoms with Crippen LogP contribution in [0.15, 0.2) is 56.5 Å². The quantitative estimate of drug-likeness (QED) is 0.225. The van der Waals surface area contributed by atoms with Crippen LogP contribution < -0.4 is 26.4 Å². The summed E-state index contributed by atoms with van der Waals surface area (Å²) in [5, 5.41) is 27.5. The molecular weight excluding hydrogens is 510 g/mol. The third kappa shape index (κ3) is 4.46. The van der Waals surface area contributed by atoms with Crippen molar-refractivity contribution in [3.8, 4) is 0 Å². The topological polar surface area (TPSA) is 132 Å². The van der Waals surface area contributed by atoms with Crippen LogP contribution >= 0.6 is 0 Å². The zero-order chi connectivity index (χ0) is 29.1. The van der Waals surface area contributed by atoms with Crippen molar-refractivity contribution in [3.05, 3.63) is 102 Å². The van der Waals surface area contributed by atoms with Gasteiger partial charge in [-0.2, -0.15) is 0 Å². The fourth-order valence-corrected chi connectivity index (χ4v) is 5.31. The molecule has 0 saturated heterocycles. The number of carboxylic acid groups (broad SMARTS) is 1. The number of nitrogens with zero attached hydrogens (tertiary/aromatic N) is 1. The van der Waals surface area contributed by atoms with Crippen LogP contribution in [0, 0.1) is 26.2 Å². The van der Waals surface area contributed by atoms with Crippen molar-refractivity contribution in [1.82, 2.24) is 0 Å². The fraction of sp³-hybridized carbons (Fsp3) is 0.323. The Morgan fingerprint density at radius 1 is 1.02 bits per heavy atom. The van der Waals surface area contributed by atoms with Crippen LogP contribution in [-0.4, -0.2) is 16.2 Å². The second kappa shape index (κ2) is 9.67. The summed E-state index contributed by atoms with van der Waals surface area (Å²) in [5.74, 6) is 0.358. The first-order valence-electron chi connectivity index (χ1n) is 13.1. The third-order valence-electron chi connectivity index (χ3n) is 7.71. The Morgan fingerprint density at radius 3 is 2.33 bits per heavy atom. The second-order valence-electron chi connectivity index (χ2n) is 11.5. The van der Waals surface area contributed by atoms with Gasteiger partial charge in [-0.15, -0.1) is 0 Å². The first-order valence-corrected chi connectivity index (χ1v) is 13.1. The summed E-state index contributed by atoms with van der Waals surface area (Å²) in [6, 6.07) is 11.7. The molecule has 0 bridgehead atoms. The predicted octanol–water partition coefficient (Wildman–Crippen LogP) is 5.45. The number of para-hydroxylation sites is 1. The third-order valence-corrected chi connectivity index (χ3v) is 7.71. The number of anilines is 4. The molecule has 0 amide bonds. The van der Waals surface area contributed by atoms with Crippen LogP contribution in [0.25, 0.3) is 0 Å². The molecule has 1 aromatic heterocycles.